The number of ether oxygens (including phenoxy) is 1. The van der Waals surface area contributed by atoms with E-state index in [0.717, 1.165) is 35.5 Å². The molecule has 8 nitrogen and oxygen atoms in total. The summed E-state index contributed by atoms with van der Waals surface area (Å²) in [4.78, 5) is 28.9. The second kappa shape index (κ2) is 9.23. The van der Waals surface area contributed by atoms with E-state index in [1.165, 1.54) is 0 Å². The third kappa shape index (κ3) is 4.42. The minimum Gasteiger partial charge on any atom is -0.497 e. The van der Waals surface area contributed by atoms with Crippen LogP contribution in [0.3, 0.4) is 0 Å². The molecule has 1 aromatic heterocycles. The van der Waals surface area contributed by atoms with Crippen molar-refractivity contribution in [3.8, 4) is 17.5 Å². The molecule has 1 N–H and O–H groups in total. The molecule has 0 radical (unpaired) electrons. The van der Waals surface area contributed by atoms with Crippen LogP contribution >= 0.6 is 0 Å². The maximum atomic E-state index is 13.0. The Balaban J connectivity index is 1.88. The van der Waals surface area contributed by atoms with E-state index in [1.807, 2.05) is 47.6 Å². The fraction of sp³-hybridized carbons (Fsp3) is 0.435. The van der Waals surface area contributed by atoms with Gasteiger partial charge in [-0.3, -0.25) is 19.1 Å². The molecule has 2 amide bonds. The molecule has 0 saturated carbocycles. The van der Waals surface area contributed by atoms with Crippen LogP contribution in [0.15, 0.2) is 24.3 Å². The molecule has 2 heterocycles. The standard InChI is InChI=1S/C23H29N5O3/c1-15-16(2)28(17-8-10-18(31-5)11-9-17)22(19(15)13-24)25-21(29)14-27-12-6-7-20(27)23(30)26(3)4/h8-11,20H,6-7,12,14H2,1-5H3,(H,25,29)/t20-/m0/s1. The van der Waals surface area contributed by atoms with Crippen molar-refractivity contribution < 1.29 is 14.3 Å². The van der Waals surface area contributed by atoms with Crippen molar-refractivity contribution in [2.45, 2.75) is 32.7 Å². The molecule has 1 aliphatic rings. The van der Waals surface area contributed by atoms with Crippen LogP contribution in [0, 0.1) is 25.2 Å². The third-order valence-corrected chi connectivity index (χ3v) is 5.85. The Hall–Kier alpha value is -3.31. The van der Waals surface area contributed by atoms with E-state index in [4.69, 9.17) is 4.74 Å². The zero-order chi connectivity index (χ0) is 22.7. The first kappa shape index (κ1) is 22.4. The number of methoxy groups -OCH3 is 1. The number of likely N-dealkylation sites (N-methyl/N-ethyl adjacent to an activating group) is 1. The first-order valence-electron chi connectivity index (χ1n) is 10.3. The fourth-order valence-electron chi connectivity index (χ4n) is 4.06. The number of amides is 2. The Morgan fingerprint density at radius 2 is 1.94 bits per heavy atom. The predicted molar refractivity (Wildman–Crippen MR) is 118 cm³/mol. The summed E-state index contributed by atoms with van der Waals surface area (Å²) in [7, 11) is 5.06. The van der Waals surface area contributed by atoms with Gasteiger partial charge >= 0.3 is 0 Å². The van der Waals surface area contributed by atoms with Crippen LogP contribution in [-0.2, 0) is 9.59 Å². The normalized spacial score (nSPS) is 16.1. The molecule has 8 heteroatoms. The number of benzene rings is 1. The van der Waals surface area contributed by atoms with Crippen LogP contribution in [0.2, 0.25) is 0 Å². The van der Waals surface area contributed by atoms with Gasteiger partial charge in [-0.25, -0.2) is 0 Å². The number of aromatic nitrogens is 1. The van der Waals surface area contributed by atoms with Gasteiger partial charge in [-0.2, -0.15) is 5.26 Å². The largest absolute Gasteiger partial charge is 0.497 e. The zero-order valence-corrected chi connectivity index (χ0v) is 18.7. The number of likely N-dealkylation sites (tertiary alicyclic amines) is 1. The highest BCUT2D eigenvalue weighted by atomic mass is 16.5. The summed E-state index contributed by atoms with van der Waals surface area (Å²) in [6.07, 6.45) is 1.62. The molecule has 0 spiro atoms. The number of rotatable bonds is 6. The predicted octanol–water partition coefficient (Wildman–Crippen LogP) is 2.47. The summed E-state index contributed by atoms with van der Waals surface area (Å²) in [5, 5.41) is 12.7. The molecular weight excluding hydrogens is 394 g/mol. The Bertz CT molecular complexity index is 1020. The van der Waals surface area contributed by atoms with Crippen LogP contribution < -0.4 is 10.1 Å². The average molecular weight is 424 g/mol. The number of hydrogen-bond acceptors (Lipinski definition) is 5. The van der Waals surface area contributed by atoms with Gasteiger partial charge in [0, 0.05) is 25.5 Å². The maximum Gasteiger partial charge on any atom is 0.239 e. The summed E-state index contributed by atoms with van der Waals surface area (Å²) < 4.78 is 7.11. The molecule has 1 aliphatic heterocycles. The molecule has 0 aliphatic carbocycles. The van der Waals surface area contributed by atoms with Crippen LogP contribution in [0.1, 0.15) is 29.7 Å². The molecule has 2 aromatic rings. The Kier molecular flexibility index (Phi) is 6.66. The lowest BCUT2D eigenvalue weighted by molar-refractivity contribution is -0.133. The topological polar surface area (TPSA) is 90.6 Å². The van der Waals surface area contributed by atoms with E-state index in [-0.39, 0.29) is 24.4 Å². The van der Waals surface area contributed by atoms with E-state index in [1.54, 1.807) is 26.1 Å². The molecule has 3 rings (SSSR count). The first-order valence-corrected chi connectivity index (χ1v) is 10.3. The van der Waals surface area contributed by atoms with Crippen LogP contribution in [0.25, 0.3) is 5.69 Å². The average Bonchev–Trinajstić information content (AvgIpc) is 3.30. The number of anilines is 1. The molecule has 1 atom stereocenters. The molecule has 164 valence electrons. The van der Waals surface area contributed by atoms with E-state index >= 15 is 0 Å². The smallest absolute Gasteiger partial charge is 0.239 e. The fourth-order valence-corrected chi connectivity index (χ4v) is 4.06. The number of nitriles is 1. The van der Waals surface area contributed by atoms with Crippen molar-refractivity contribution >= 4 is 17.6 Å². The number of carbonyl (C=O) groups excluding carboxylic acids is 2. The van der Waals surface area contributed by atoms with Gasteiger partial charge in [-0.1, -0.05) is 0 Å². The summed E-state index contributed by atoms with van der Waals surface area (Å²) >= 11 is 0. The lowest BCUT2D eigenvalue weighted by Gasteiger charge is -2.25. The van der Waals surface area contributed by atoms with Crippen molar-refractivity contribution in [1.29, 1.82) is 5.26 Å². The van der Waals surface area contributed by atoms with Gasteiger partial charge in [-0.15, -0.1) is 0 Å². The number of hydrogen-bond donors (Lipinski definition) is 1. The van der Waals surface area contributed by atoms with Crippen molar-refractivity contribution in [3.63, 3.8) is 0 Å². The summed E-state index contributed by atoms with van der Waals surface area (Å²) in [5.41, 5.74) is 2.94. The van der Waals surface area contributed by atoms with Crippen LogP contribution in [-0.4, -0.2) is 66.5 Å². The van der Waals surface area contributed by atoms with E-state index in [0.29, 0.717) is 17.9 Å². The van der Waals surface area contributed by atoms with E-state index in [2.05, 4.69) is 11.4 Å². The van der Waals surface area contributed by atoms with Crippen LogP contribution in [0.4, 0.5) is 5.82 Å². The van der Waals surface area contributed by atoms with E-state index in [9.17, 15) is 14.9 Å². The summed E-state index contributed by atoms with van der Waals surface area (Å²) in [6, 6.07) is 9.38. The number of nitrogens with zero attached hydrogens (tertiary/aromatic N) is 4. The zero-order valence-electron chi connectivity index (χ0n) is 18.7. The first-order chi connectivity index (χ1) is 14.8. The SMILES string of the molecule is COc1ccc(-n2c(C)c(C)c(C#N)c2NC(=O)CN2CCC[C@H]2C(=O)N(C)C)cc1. The van der Waals surface area contributed by atoms with Gasteiger partial charge in [-0.05, 0) is 63.1 Å². The van der Waals surface area contributed by atoms with E-state index < -0.39 is 0 Å². The van der Waals surface area contributed by atoms with Crippen molar-refractivity contribution in [2.24, 2.45) is 0 Å². The molecule has 1 aromatic carbocycles. The minimum absolute atomic E-state index is 0.0105. The molecule has 31 heavy (non-hydrogen) atoms. The van der Waals surface area contributed by atoms with Crippen LogP contribution in [0.5, 0.6) is 5.75 Å². The highest BCUT2D eigenvalue weighted by Crippen LogP contribution is 2.31. The molecule has 1 saturated heterocycles. The Morgan fingerprint density at radius 1 is 1.26 bits per heavy atom. The second-order valence-electron chi connectivity index (χ2n) is 7.99. The maximum absolute atomic E-state index is 13.0. The highest BCUT2D eigenvalue weighted by Gasteiger charge is 2.33. The van der Waals surface area contributed by atoms with Gasteiger partial charge in [0.05, 0.1) is 25.3 Å². The second-order valence-corrected chi connectivity index (χ2v) is 7.99. The lowest BCUT2D eigenvalue weighted by Crippen LogP contribution is -2.45. The molecule has 0 bridgehead atoms. The number of carbonyl (C=O) groups is 2. The van der Waals surface area contributed by atoms with Gasteiger partial charge in [0.1, 0.15) is 17.6 Å². The molecule has 0 unspecified atom stereocenters. The monoisotopic (exact) mass is 423 g/mol. The summed E-state index contributed by atoms with van der Waals surface area (Å²) in [5.74, 6) is 0.933. The quantitative estimate of drug-likeness (QED) is 0.771. The third-order valence-electron chi connectivity index (χ3n) is 5.85. The molecular formula is C23H29N5O3. The van der Waals surface area contributed by atoms with Crippen molar-refractivity contribution in [2.75, 3.05) is 39.6 Å². The van der Waals surface area contributed by atoms with Crippen molar-refractivity contribution in [3.05, 3.63) is 41.1 Å². The lowest BCUT2D eigenvalue weighted by atomic mass is 10.2. The van der Waals surface area contributed by atoms with Gasteiger partial charge < -0.3 is 15.0 Å². The Morgan fingerprint density at radius 3 is 2.52 bits per heavy atom. The van der Waals surface area contributed by atoms with Gasteiger partial charge in [0.15, 0.2) is 0 Å². The highest BCUT2D eigenvalue weighted by molar-refractivity contribution is 5.94. The van der Waals surface area contributed by atoms with Gasteiger partial charge in [0.25, 0.3) is 0 Å². The van der Waals surface area contributed by atoms with Gasteiger partial charge in [0.2, 0.25) is 11.8 Å². The number of nitrogens with one attached hydrogen (secondary N) is 1. The van der Waals surface area contributed by atoms with Crippen molar-refractivity contribution in [1.82, 2.24) is 14.4 Å². The Labute approximate surface area is 183 Å². The summed E-state index contributed by atoms with van der Waals surface area (Å²) in [6.45, 7) is 4.58. The minimum atomic E-state index is -0.284. The molecule has 1 fully saturated rings.